The molecule has 0 saturated carbocycles. The predicted molar refractivity (Wildman–Crippen MR) is 141 cm³/mol. The third kappa shape index (κ3) is 5.52. The van der Waals surface area contributed by atoms with Gasteiger partial charge in [0.05, 0.1) is 28.9 Å². The highest BCUT2D eigenvalue weighted by atomic mass is 32.2. The molecule has 1 N–H and O–H groups in total. The minimum Gasteiger partial charge on any atom is -0.465 e. The Labute approximate surface area is 213 Å². The molecule has 0 aliphatic carbocycles. The lowest BCUT2D eigenvalue weighted by molar-refractivity contribution is -0.143. The molecule has 9 heteroatoms. The molecule has 0 unspecified atom stereocenters. The van der Waals surface area contributed by atoms with Gasteiger partial charge in [-0.25, -0.2) is 9.79 Å². The van der Waals surface area contributed by atoms with Crippen molar-refractivity contribution in [2.75, 3.05) is 6.61 Å². The summed E-state index contributed by atoms with van der Waals surface area (Å²) in [6.07, 6.45) is 1.59. The van der Waals surface area contributed by atoms with E-state index in [1.165, 1.54) is 11.8 Å². The molecule has 3 aromatic rings. The van der Waals surface area contributed by atoms with E-state index in [0.29, 0.717) is 27.9 Å². The number of fused-ring (bicyclic) bond motifs is 1. The van der Waals surface area contributed by atoms with Crippen molar-refractivity contribution in [1.82, 2.24) is 9.88 Å². The first-order valence-electron chi connectivity index (χ1n) is 11.6. The summed E-state index contributed by atoms with van der Waals surface area (Å²) >= 11 is 1.22. The van der Waals surface area contributed by atoms with Crippen LogP contribution < -0.4 is 5.32 Å². The van der Waals surface area contributed by atoms with Gasteiger partial charge in [0, 0.05) is 22.2 Å². The first-order chi connectivity index (χ1) is 17.3. The minimum absolute atomic E-state index is 0.0883. The molecule has 8 nitrogen and oxygen atoms in total. The number of amides is 1. The lowest BCUT2D eigenvalue weighted by atomic mass is 10.1. The number of ether oxygens (including phenoxy) is 2. The normalized spacial score (nSPS) is 15.6. The van der Waals surface area contributed by atoms with Crippen molar-refractivity contribution >= 4 is 57.4 Å². The minimum atomic E-state index is -0.426. The Kier molecular flexibility index (Phi) is 7.59. The second-order valence-corrected chi connectivity index (χ2v) is 9.42. The quantitative estimate of drug-likeness (QED) is 0.360. The maximum Gasteiger partial charge on any atom is 0.338 e. The van der Waals surface area contributed by atoms with E-state index in [1.807, 2.05) is 41.8 Å². The van der Waals surface area contributed by atoms with Crippen LogP contribution in [0.1, 0.15) is 42.4 Å². The molecule has 1 saturated heterocycles. The number of amidine groups is 1. The van der Waals surface area contributed by atoms with Gasteiger partial charge in [0.25, 0.3) is 5.91 Å². The number of rotatable bonds is 7. The van der Waals surface area contributed by atoms with Gasteiger partial charge in [-0.1, -0.05) is 24.3 Å². The van der Waals surface area contributed by atoms with Gasteiger partial charge in [-0.2, -0.15) is 0 Å². The highest BCUT2D eigenvalue weighted by molar-refractivity contribution is 8.18. The number of nitrogens with one attached hydrogen (secondary N) is 1. The van der Waals surface area contributed by atoms with Crippen molar-refractivity contribution in [1.29, 1.82) is 0 Å². The molecule has 2 aromatic carbocycles. The molecule has 1 amide bonds. The monoisotopic (exact) mass is 505 g/mol. The fraction of sp³-hybridized carbons (Fsp3) is 0.259. The SMILES string of the molecule is CCOC(=O)Cn1c(C)c(C=C2SC(=Nc3cccc(C(=O)OC(C)C)c3)NC2=O)c2ccccc21. The molecule has 0 radical (unpaired) electrons. The number of thioether (sulfide) groups is 1. The molecule has 1 aromatic heterocycles. The van der Waals surface area contributed by atoms with Crippen LogP contribution in [0.4, 0.5) is 5.69 Å². The third-order valence-corrected chi connectivity index (χ3v) is 6.36. The Hall–Kier alpha value is -3.85. The van der Waals surface area contributed by atoms with Gasteiger partial charge in [0.2, 0.25) is 0 Å². The molecular weight excluding hydrogens is 478 g/mol. The zero-order valence-electron chi connectivity index (χ0n) is 20.5. The summed E-state index contributed by atoms with van der Waals surface area (Å²) < 4.78 is 12.3. The van der Waals surface area contributed by atoms with Gasteiger partial charge in [-0.3, -0.25) is 9.59 Å². The van der Waals surface area contributed by atoms with E-state index in [1.54, 1.807) is 45.0 Å². The number of esters is 2. The molecule has 2 heterocycles. The summed E-state index contributed by atoms with van der Waals surface area (Å²) in [5.41, 5.74) is 3.51. The topological polar surface area (TPSA) is 99.0 Å². The summed E-state index contributed by atoms with van der Waals surface area (Å²) in [5.74, 6) is -1.01. The van der Waals surface area contributed by atoms with Crippen molar-refractivity contribution in [2.45, 2.75) is 40.3 Å². The van der Waals surface area contributed by atoms with Gasteiger partial charge in [-0.15, -0.1) is 0 Å². The lowest BCUT2D eigenvalue weighted by Crippen LogP contribution is -2.19. The second-order valence-electron chi connectivity index (χ2n) is 8.39. The summed E-state index contributed by atoms with van der Waals surface area (Å²) in [4.78, 5) is 42.1. The summed E-state index contributed by atoms with van der Waals surface area (Å²) in [6.45, 7) is 7.67. The maximum atomic E-state index is 12.8. The molecule has 1 fully saturated rings. The molecule has 0 bridgehead atoms. The Balaban J connectivity index is 1.63. The van der Waals surface area contributed by atoms with Crippen LogP contribution in [0.3, 0.4) is 0 Å². The smallest absolute Gasteiger partial charge is 0.338 e. The lowest BCUT2D eigenvalue weighted by Gasteiger charge is -2.08. The van der Waals surface area contributed by atoms with Crippen LogP contribution in [-0.4, -0.2) is 40.3 Å². The maximum absolute atomic E-state index is 12.8. The Morgan fingerprint density at radius 3 is 2.69 bits per heavy atom. The fourth-order valence-corrected chi connectivity index (χ4v) is 4.72. The summed E-state index contributed by atoms with van der Waals surface area (Å²) in [6, 6.07) is 14.5. The first-order valence-corrected chi connectivity index (χ1v) is 12.4. The number of hydrogen-bond acceptors (Lipinski definition) is 7. The first kappa shape index (κ1) is 25.2. The third-order valence-electron chi connectivity index (χ3n) is 5.45. The summed E-state index contributed by atoms with van der Waals surface area (Å²) in [5, 5.41) is 4.13. The van der Waals surface area contributed by atoms with Crippen LogP contribution in [0.2, 0.25) is 0 Å². The number of carbonyl (C=O) groups is 3. The van der Waals surface area contributed by atoms with Gasteiger partial charge in [0.1, 0.15) is 6.54 Å². The molecule has 186 valence electrons. The predicted octanol–water partition coefficient (Wildman–Crippen LogP) is 4.97. The van der Waals surface area contributed by atoms with Crippen LogP contribution in [-0.2, 0) is 25.6 Å². The van der Waals surface area contributed by atoms with E-state index in [9.17, 15) is 14.4 Å². The van der Waals surface area contributed by atoms with Crippen molar-refractivity contribution in [2.24, 2.45) is 4.99 Å². The van der Waals surface area contributed by atoms with Crippen molar-refractivity contribution < 1.29 is 23.9 Å². The molecule has 0 spiro atoms. The number of hydrogen-bond donors (Lipinski definition) is 1. The van der Waals surface area contributed by atoms with Crippen molar-refractivity contribution in [3.63, 3.8) is 0 Å². The van der Waals surface area contributed by atoms with Gasteiger partial charge >= 0.3 is 11.9 Å². The summed E-state index contributed by atoms with van der Waals surface area (Å²) in [7, 11) is 0. The molecular formula is C27H27N3O5S. The number of benzene rings is 2. The molecule has 4 rings (SSSR count). The van der Waals surface area contributed by atoms with Crippen LogP contribution in [0.15, 0.2) is 58.4 Å². The van der Waals surface area contributed by atoms with E-state index in [0.717, 1.165) is 22.2 Å². The van der Waals surface area contributed by atoms with E-state index in [2.05, 4.69) is 10.3 Å². The van der Waals surface area contributed by atoms with E-state index >= 15 is 0 Å². The highest BCUT2D eigenvalue weighted by Gasteiger charge is 2.25. The van der Waals surface area contributed by atoms with E-state index < -0.39 is 5.97 Å². The average Bonchev–Trinajstić information content (AvgIpc) is 3.31. The van der Waals surface area contributed by atoms with Crippen LogP contribution >= 0.6 is 11.8 Å². The van der Waals surface area contributed by atoms with E-state index in [-0.39, 0.29) is 24.5 Å². The molecule has 0 atom stereocenters. The Morgan fingerprint density at radius 1 is 1.17 bits per heavy atom. The number of aromatic nitrogens is 1. The number of para-hydroxylation sites is 1. The Morgan fingerprint density at radius 2 is 1.94 bits per heavy atom. The van der Waals surface area contributed by atoms with Crippen LogP contribution in [0, 0.1) is 6.92 Å². The van der Waals surface area contributed by atoms with Gasteiger partial charge in [-0.05, 0) is 69.8 Å². The van der Waals surface area contributed by atoms with E-state index in [4.69, 9.17) is 9.47 Å². The molecule has 1 aliphatic heterocycles. The molecule has 1 aliphatic rings. The number of nitrogens with zero attached hydrogens (tertiary/aromatic N) is 2. The van der Waals surface area contributed by atoms with Gasteiger partial charge < -0.3 is 19.4 Å². The Bertz CT molecular complexity index is 1400. The average molecular weight is 506 g/mol. The van der Waals surface area contributed by atoms with Crippen molar-refractivity contribution in [3.05, 3.63) is 70.3 Å². The number of carbonyl (C=O) groups excluding carboxylic acids is 3. The zero-order valence-corrected chi connectivity index (χ0v) is 21.3. The largest absolute Gasteiger partial charge is 0.465 e. The van der Waals surface area contributed by atoms with Crippen LogP contribution in [0.25, 0.3) is 17.0 Å². The van der Waals surface area contributed by atoms with Gasteiger partial charge in [0.15, 0.2) is 5.17 Å². The second kappa shape index (κ2) is 10.8. The standard InChI is InChI=1S/C27H27N3O5S/c1-5-34-24(31)15-30-17(4)21(20-11-6-7-12-22(20)30)14-23-25(32)29-27(36-23)28-19-10-8-9-18(13-19)26(33)35-16(2)3/h6-14,16H,5,15H2,1-4H3,(H,28,29,32). The zero-order chi connectivity index (χ0) is 25.8. The van der Waals surface area contributed by atoms with Crippen LogP contribution in [0.5, 0.6) is 0 Å². The number of aliphatic imine (C=N–C) groups is 1. The highest BCUT2D eigenvalue weighted by Crippen LogP contribution is 2.33. The van der Waals surface area contributed by atoms with Crippen molar-refractivity contribution in [3.8, 4) is 0 Å². The fourth-order valence-electron chi connectivity index (χ4n) is 3.89. The molecule has 36 heavy (non-hydrogen) atoms.